The van der Waals surface area contributed by atoms with E-state index in [1.165, 1.54) is 17.3 Å². The number of carbonyl (C=O) groups excluding carboxylic acids is 1. The molecular formula is C22H23N3O2S. The van der Waals surface area contributed by atoms with Gasteiger partial charge in [-0.2, -0.15) is 0 Å². The molecule has 1 aliphatic rings. The summed E-state index contributed by atoms with van der Waals surface area (Å²) >= 11 is 1.43. The Balaban J connectivity index is 1.34. The van der Waals surface area contributed by atoms with E-state index in [2.05, 4.69) is 27.4 Å². The summed E-state index contributed by atoms with van der Waals surface area (Å²) in [5.74, 6) is 1.20. The molecule has 1 unspecified atom stereocenters. The standard InChI is InChI=1S/C22H23N3O2S/c1-15-19(13-16-7-3-2-4-8-16)25-22(23-15)28-14-21(26)24-18-11-12-27-20-10-6-5-9-17(18)20/h2-10,18H,11-14H2,1H3,(H,23,25)(H,24,26). The zero-order chi connectivity index (χ0) is 19.3. The number of hydrogen-bond acceptors (Lipinski definition) is 4. The van der Waals surface area contributed by atoms with Crippen LogP contribution in [0.3, 0.4) is 0 Å². The second kappa shape index (κ2) is 8.52. The van der Waals surface area contributed by atoms with Gasteiger partial charge < -0.3 is 15.0 Å². The van der Waals surface area contributed by atoms with Gasteiger partial charge in [-0.15, -0.1) is 0 Å². The van der Waals surface area contributed by atoms with Gasteiger partial charge in [0.05, 0.1) is 24.1 Å². The highest BCUT2D eigenvalue weighted by Crippen LogP contribution is 2.31. The van der Waals surface area contributed by atoms with Crippen LogP contribution in [0.2, 0.25) is 0 Å². The first-order chi connectivity index (χ1) is 13.7. The number of H-pyrrole nitrogens is 1. The van der Waals surface area contributed by atoms with Crippen molar-refractivity contribution < 1.29 is 9.53 Å². The van der Waals surface area contributed by atoms with Gasteiger partial charge >= 0.3 is 0 Å². The molecule has 6 heteroatoms. The minimum atomic E-state index is 0.00466. The Morgan fingerprint density at radius 3 is 2.86 bits per heavy atom. The van der Waals surface area contributed by atoms with Gasteiger partial charge in [-0.3, -0.25) is 4.79 Å². The van der Waals surface area contributed by atoms with Gasteiger partial charge in [-0.1, -0.05) is 60.3 Å². The number of nitrogens with one attached hydrogen (secondary N) is 2. The lowest BCUT2D eigenvalue weighted by molar-refractivity contribution is -0.119. The number of amides is 1. The lowest BCUT2D eigenvalue weighted by Gasteiger charge is -2.26. The molecule has 0 saturated carbocycles. The first kappa shape index (κ1) is 18.6. The minimum Gasteiger partial charge on any atom is -0.493 e. The largest absolute Gasteiger partial charge is 0.493 e. The van der Waals surface area contributed by atoms with Gasteiger partial charge in [0.15, 0.2) is 5.16 Å². The van der Waals surface area contributed by atoms with Gasteiger partial charge in [-0.25, -0.2) is 4.98 Å². The third-order valence-corrected chi connectivity index (χ3v) is 5.69. The number of rotatable bonds is 6. The Bertz CT molecular complexity index is 955. The number of fused-ring (bicyclic) bond motifs is 1. The molecular weight excluding hydrogens is 370 g/mol. The maximum atomic E-state index is 12.5. The fraction of sp³-hybridized carbons (Fsp3) is 0.273. The number of aromatic amines is 1. The monoisotopic (exact) mass is 393 g/mol. The molecule has 0 bridgehead atoms. The Labute approximate surface area is 168 Å². The quantitative estimate of drug-likeness (QED) is 0.620. The van der Waals surface area contributed by atoms with Gasteiger partial charge in [0.25, 0.3) is 0 Å². The molecule has 0 saturated heterocycles. The number of benzene rings is 2. The predicted molar refractivity (Wildman–Crippen MR) is 111 cm³/mol. The topological polar surface area (TPSA) is 67.0 Å². The Morgan fingerprint density at radius 1 is 1.21 bits per heavy atom. The number of imidazole rings is 1. The number of carbonyl (C=O) groups is 1. The number of nitrogens with zero attached hydrogens (tertiary/aromatic N) is 1. The van der Waals surface area contributed by atoms with Crippen LogP contribution in [0.4, 0.5) is 0 Å². The number of aryl methyl sites for hydroxylation is 1. The highest BCUT2D eigenvalue weighted by Gasteiger charge is 2.22. The zero-order valence-electron chi connectivity index (χ0n) is 15.8. The molecule has 1 aromatic heterocycles. The van der Waals surface area contributed by atoms with Crippen LogP contribution in [-0.4, -0.2) is 28.2 Å². The van der Waals surface area contributed by atoms with Crippen molar-refractivity contribution in [3.05, 3.63) is 77.1 Å². The van der Waals surface area contributed by atoms with Crippen LogP contribution in [-0.2, 0) is 11.2 Å². The van der Waals surface area contributed by atoms with E-state index in [1.54, 1.807) is 0 Å². The average molecular weight is 394 g/mol. The van der Waals surface area contributed by atoms with Gasteiger partial charge in [0, 0.05) is 24.1 Å². The number of ether oxygens (including phenoxy) is 1. The summed E-state index contributed by atoms with van der Waals surface area (Å²) in [7, 11) is 0. The Hall–Kier alpha value is -2.73. The van der Waals surface area contributed by atoms with E-state index in [0.717, 1.165) is 40.7 Å². The van der Waals surface area contributed by atoms with Gasteiger partial charge in [0.2, 0.25) is 5.91 Å². The highest BCUT2D eigenvalue weighted by atomic mass is 32.2. The molecule has 5 nitrogen and oxygen atoms in total. The van der Waals surface area contributed by atoms with E-state index in [0.29, 0.717) is 12.4 Å². The molecule has 144 valence electrons. The van der Waals surface area contributed by atoms with Gasteiger partial charge in [0.1, 0.15) is 5.75 Å². The van der Waals surface area contributed by atoms with Crippen molar-refractivity contribution in [3.8, 4) is 5.75 Å². The van der Waals surface area contributed by atoms with E-state index >= 15 is 0 Å². The summed E-state index contributed by atoms with van der Waals surface area (Å²) < 4.78 is 5.66. The van der Waals surface area contributed by atoms with Crippen molar-refractivity contribution in [3.63, 3.8) is 0 Å². The second-order valence-electron chi connectivity index (χ2n) is 6.86. The van der Waals surface area contributed by atoms with Crippen LogP contribution in [0, 0.1) is 6.92 Å². The molecule has 1 atom stereocenters. The van der Waals surface area contributed by atoms with E-state index in [-0.39, 0.29) is 11.9 Å². The first-order valence-electron chi connectivity index (χ1n) is 9.42. The molecule has 0 fully saturated rings. The first-order valence-corrected chi connectivity index (χ1v) is 10.4. The average Bonchev–Trinajstić information content (AvgIpc) is 3.07. The van der Waals surface area contributed by atoms with Crippen molar-refractivity contribution in [1.29, 1.82) is 0 Å². The third kappa shape index (κ3) is 4.39. The molecule has 0 radical (unpaired) electrons. The summed E-state index contributed by atoms with van der Waals surface area (Å²) in [6, 6.07) is 18.2. The molecule has 4 rings (SSSR count). The molecule has 1 amide bonds. The number of aromatic nitrogens is 2. The van der Waals surface area contributed by atoms with Crippen molar-refractivity contribution >= 4 is 17.7 Å². The normalized spacial score (nSPS) is 15.5. The van der Waals surface area contributed by atoms with Crippen LogP contribution in [0.5, 0.6) is 5.75 Å². The molecule has 0 aliphatic carbocycles. The Morgan fingerprint density at radius 2 is 2.00 bits per heavy atom. The van der Waals surface area contributed by atoms with Crippen molar-refractivity contribution in [2.24, 2.45) is 0 Å². The zero-order valence-corrected chi connectivity index (χ0v) is 16.6. The summed E-state index contributed by atoms with van der Waals surface area (Å²) in [5, 5.41) is 3.91. The number of thioether (sulfide) groups is 1. The van der Waals surface area contributed by atoms with Gasteiger partial charge in [-0.05, 0) is 18.6 Å². The molecule has 2 heterocycles. The maximum absolute atomic E-state index is 12.5. The summed E-state index contributed by atoms with van der Waals surface area (Å²) in [6.07, 6.45) is 1.57. The molecule has 2 aromatic carbocycles. The maximum Gasteiger partial charge on any atom is 0.230 e. The van der Waals surface area contributed by atoms with Crippen LogP contribution < -0.4 is 10.1 Å². The summed E-state index contributed by atoms with van der Waals surface area (Å²) in [5.41, 5.74) is 4.34. The predicted octanol–water partition coefficient (Wildman–Crippen LogP) is 4.04. The van der Waals surface area contributed by atoms with E-state index in [1.807, 2.05) is 49.4 Å². The number of para-hydroxylation sites is 1. The lowest BCUT2D eigenvalue weighted by Crippen LogP contribution is -2.33. The molecule has 1 aliphatic heterocycles. The third-order valence-electron chi connectivity index (χ3n) is 4.81. The molecule has 0 spiro atoms. The van der Waals surface area contributed by atoms with Crippen LogP contribution in [0.15, 0.2) is 59.8 Å². The highest BCUT2D eigenvalue weighted by molar-refractivity contribution is 7.99. The fourth-order valence-corrected chi connectivity index (χ4v) is 4.11. The van der Waals surface area contributed by atoms with E-state index in [9.17, 15) is 4.79 Å². The van der Waals surface area contributed by atoms with Crippen molar-refractivity contribution in [2.75, 3.05) is 12.4 Å². The number of hydrogen-bond donors (Lipinski definition) is 2. The van der Waals surface area contributed by atoms with E-state index < -0.39 is 0 Å². The van der Waals surface area contributed by atoms with Crippen LogP contribution >= 0.6 is 11.8 Å². The molecule has 3 aromatic rings. The summed E-state index contributed by atoms with van der Waals surface area (Å²) in [4.78, 5) is 20.4. The van der Waals surface area contributed by atoms with E-state index in [4.69, 9.17) is 4.74 Å². The molecule has 28 heavy (non-hydrogen) atoms. The van der Waals surface area contributed by atoms with Crippen molar-refractivity contribution in [1.82, 2.24) is 15.3 Å². The van der Waals surface area contributed by atoms with Crippen LogP contribution in [0.1, 0.15) is 35.0 Å². The summed E-state index contributed by atoms with van der Waals surface area (Å²) in [6.45, 7) is 2.64. The fourth-order valence-electron chi connectivity index (χ4n) is 3.36. The SMILES string of the molecule is Cc1[nH]c(SCC(=O)NC2CCOc3ccccc32)nc1Cc1ccccc1. The molecule has 2 N–H and O–H groups in total. The van der Waals surface area contributed by atoms with Crippen LogP contribution in [0.25, 0.3) is 0 Å². The second-order valence-corrected chi connectivity index (χ2v) is 7.82. The minimum absolute atomic E-state index is 0.00466. The lowest BCUT2D eigenvalue weighted by atomic mass is 10.0. The van der Waals surface area contributed by atoms with Crippen molar-refractivity contribution in [2.45, 2.75) is 31.0 Å². The smallest absolute Gasteiger partial charge is 0.230 e. The Kier molecular flexibility index (Phi) is 5.67.